The molecule has 5 heteroatoms. The Morgan fingerprint density at radius 3 is 2.10 bits per heavy atom. The van der Waals surface area contributed by atoms with Crippen molar-refractivity contribution in [1.29, 1.82) is 0 Å². The van der Waals surface area contributed by atoms with Crippen molar-refractivity contribution >= 4 is 45.8 Å². The molecular formula is C16H15IN2O2. The summed E-state index contributed by atoms with van der Waals surface area (Å²) in [7, 11) is 0. The van der Waals surface area contributed by atoms with E-state index in [-0.39, 0.29) is 11.8 Å². The van der Waals surface area contributed by atoms with Crippen molar-refractivity contribution < 1.29 is 9.59 Å². The lowest BCUT2D eigenvalue weighted by Gasteiger charge is -2.12. The second-order valence-corrected chi connectivity index (χ2v) is 5.87. The third kappa shape index (κ3) is 4.04. The lowest BCUT2D eigenvalue weighted by molar-refractivity contribution is -0.114. The number of amides is 2. The second kappa shape index (κ2) is 6.71. The fourth-order valence-electron chi connectivity index (χ4n) is 1.89. The fraction of sp³-hybridized carbons (Fsp3) is 0.125. The normalized spacial score (nSPS) is 10.0. The van der Waals surface area contributed by atoms with Crippen molar-refractivity contribution in [2.75, 3.05) is 10.6 Å². The maximum Gasteiger partial charge on any atom is 0.255 e. The predicted molar refractivity (Wildman–Crippen MR) is 92.6 cm³/mol. The maximum atomic E-state index is 12.2. The van der Waals surface area contributed by atoms with Crippen molar-refractivity contribution in [2.24, 2.45) is 0 Å². The Morgan fingerprint density at radius 2 is 1.52 bits per heavy atom. The summed E-state index contributed by atoms with van der Waals surface area (Å²) in [5.74, 6) is -0.311. The van der Waals surface area contributed by atoms with E-state index >= 15 is 0 Å². The Balaban J connectivity index is 2.21. The van der Waals surface area contributed by atoms with Crippen molar-refractivity contribution in [3.63, 3.8) is 0 Å². The van der Waals surface area contributed by atoms with Gasteiger partial charge in [0.2, 0.25) is 5.91 Å². The third-order valence-corrected chi connectivity index (χ3v) is 3.72. The number of carbonyl (C=O) groups is 2. The second-order valence-electron chi connectivity index (χ2n) is 4.62. The van der Waals surface area contributed by atoms with Crippen LogP contribution in [0.15, 0.2) is 42.5 Å². The van der Waals surface area contributed by atoms with Gasteiger partial charge in [-0.25, -0.2) is 0 Å². The van der Waals surface area contributed by atoms with Crippen LogP contribution in [0.1, 0.15) is 22.8 Å². The van der Waals surface area contributed by atoms with Crippen LogP contribution in [0.2, 0.25) is 0 Å². The summed E-state index contributed by atoms with van der Waals surface area (Å²) >= 11 is 2.19. The smallest absolute Gasteiger partial charge is 0.255 e. The number of halogens is 1. The van der Waals surface area contributed by atoms with Crippen LogP contribution in [0.25, 0.3) is 0 Å². The van der Waals surface area contributed by atoms with E-state index in [1.165, 1.54) is 6.92 Å². The number of anilines is 2. The Bertz CT molecular complexity index is 681. The summed E-state index contributed by atoms with van der Waals surface area (Å²) in [6, 6.07) is 12.7. The van der Waals surface area contributed by atoms with Crippen molar-refractivity contribution in [1.82, 2.24) is 0 Å². The van der Waals surface area contributed by atoms with Gasteiger partial charge in [-0.3, -0.25) is 9.59 Å². The Morgan fingerprint density at radius 1 is 0.952 bits per heavy atom. The molecule has 0 fully saturated rings. The number of benzene rings is 2. The highest BCUT2D eigenvalue weighted by Gasteiger charge is 2.10. The number of hydrogen-bond acceptors (Lipinski definition) is 2. The standard InChI is InChI=1S/C16H15IN2O2/c1-10-14(18-11(2)20)4-3-5-15(10)19-16(21)12-6-8-13(17)9-7-12/h3-9H,1-2H3,(H,18,20)(H,19,21). The summed E-state index contributed by atoms with van der Waals surface area (Å²) in [5.41, 5.74) is 2.80. The first-order valence-corrected chi connectivity index (χ1v) is 7.49. The van der Waals surface area contributed by atoms with Gasteiger partial charge in [-0.1, -0.05) is 6.07 Å². The molecule has 0 heterocycles. The van der Waals surface area contributed by atoms with Gasteiger partial charge in [0.15, 0.2) is 0 Å². The van der Waals surface area contributed by atoms with Gasteiger partial charge in [0.05, 0.1) is 0 Å². The molecular weight excluding hydrogens is 379 g/mol. The van der Waals surface area contributed by atoms with Crippen LogP contribution in [0, 0.1) is 10.5 Å². The number of hydrogen-bond donors (Lipinski definition) is 2. The van der Waals surface area contributed by atoms with Crippen LogP contribution in [-0.2, 0) is 4.79 Å². The van der Waals surface area contributed by atoms with Crippen LogP contribution in [0.4, 0.5) is 11.4 Å². The van der Waals surface area contributed by atoms with Gasteiger partial charge in [0.1, 0.15) is 0 Å². The topological polar surface area (TPSA) is 58.2 Å². The van der Waals surface area contributed by atoms with E-state index < -0.39 is 0 Å². The van der Waals surface area contributed by atoms with Gasteiger partial charge < -0.3 is 10.6 Å². The summed E-state index contributed by atoms with van der Waals surface area (Å²) in [4.78, 5) is 23.4. The monoisotopic (exact) mass is 394 g/mol. The highest BCUT2D eigenvalue weighted by molar-refractivity contribution is 14.1. The molecule has 0 aliphatic carbocycles. The van der Waals surface area contributed by atoms with Crippen LogP contribution in [0.3, 0.4) is 0 Å². The molecule has 21 heavy (non-hydrogen) atoms. The van der Waals surface area contributed by atoms with Gasteiger partial charge in [-0.05, 0) is 71.5 Å². The molecule has 108 valence electrons. The first kappa shape index (κ1) is 15.5. The Labute approximate surface area is 137 Å². The maximum absolute atomic E-state index is 12.2. The third-order valence-electron chi connectivity index (χ3n) is 3.00. The zero-order valence-electron chi connectivity index (χ0n) is 11.7. The molecule has 2 rings (SSSR count). The molecule has 2 amide bonds. The number of nitrogens with one attached hydrogen (secondary N) is 2. The number of carbonyl (C=O) groups excluding carboxylic acids is 2. The predicted octanol–water partition coefficient (Wildman–Crippen LogP) is 3.81. The molecule has 0 aliphatic heterocycles. The molecule has 2 aromatic carbocycles. The molecule has 0 spiro atoms. The molecule has 0 bridgehead atoms. The van der Waals surface area contributed by atoms with Gasteiger partial charge in [0, 0.05) is 27.4 Å². The van der Waals surface area contributed by atoms with E-state index in [1.807, 2.05) is 25.1 Å². The SMILES string of the molecule is CC(=O)Nc1cccc(NC(=O)c2ccc(I)cc2)c1C. The summed E-state index contributed by atoms with van der Waals surface area (Å²) in [5, 5.41) is 5.61. The van der Waals surface area contributed by atoms with Crippen molar-refractivity contribution in [3.05, 3.63) is 57.2 Å². The lowest BCUT2D eigenvalue weighted by Crippen LogP contribution is -2.14. The van der Waals surface area contributed by atoms with Crippen molar-refractivity contribution in [2.45, 2.75) is 13.8 Å². The van der Waals surface area contributed by atoms with E-state index in [4.69, 9.17) is 0 Å². The molecule has 0 atom stereocenters. The molecule has 0 radical (unpaired) electrons. The molecule has 0 unspecified atom stereocenters. The highest BCUT2D eigenvalue weighted by Crippen LogP contribution is 2.24. The van der Waals surface area contributed by atoms with Crippen molar-refractivity contribution in [3.8, 4) is 0 Å². The minimum atomic E-state index is -0.172. The summed E-state index contributed by atoms with van der Waals surface area (Å²) in [6.07, 6.45) is 0. The van der Waals surface area contributed by atoms with Gasteiger partial charge in [-0.2, -0.15) is 0 Å². The van der Waals surface area contributed by atoms with Gasteiger partial charge >= 0.3 is 0 Å². The average Bonchev–Trinajstić information content (AvgIpc) is 2.43. The van der Waals surface area contributed by atoms with Gasteiger partial charge in [0.25, 0.3) is 5.91 Å². The average molecular weight is 394 g/mol. The lowest BCUT2D eigenvalue weighted by atomic mass is 10.1. The summed E-state index contributed by atoms with van der Waals surface area (Å²) in [6.45, 7) is 3.31. The van der Waals surface area contributed by atoms with E-state index in [0.717, 1.165) is 9.13 Å². The zero-order valence-corrected chi connectivity index (χ0v) is 13.9. The van der Waals surface area contributed by atoms with E-state index in [0.29, 0.717) is 16.9 Å². The molecule has 4 nitrogen and oxygen atoms in total. The fourth-order valence-corrected chi connectivity index (χ4v) is 2.25. The van der Waals surface area contributed by atoms with Crippen LogP contribution in [-0.4, -0.2) is 11.8 Å². The van der Waals surface area contributed by atoms with Crippen LogP contribution in [0.5, 0.6) is 0 Å². The minimum absolute atomic E-state index is 0.140. The largest absolute Gasteiger partial charge is 0.326 e. The first-order chi connectivity index (χ1) is 9.97. The molecule has 0 saturated heterocycles. The Kier molecular flexibility index (Phi) is 4.95. The first-order valence-electron chi connectivity index (χ1n) is 6.41. The highest BCUT2D eigenvalue weighted by atomic mass is 127. The molecule has 0 saturated carbocycles. The molecule has 2 N–H and O–H groups in total. The summed E-state index contributed by atoms with van der Waals surface area (Å²) < 4.78 is 1.08. The molecule has 0 aliphatic rings. The minimum Gasteiger partial charge on any atom is -0.326 e. The van der Waals surface area contributed by atoms with E-state index in [2.05, 4.69) is 33.2 Å². The van der Waals surface area contributed by atoms with E-state index in [9.17, 15) is 9.59 Å². The number of rotatable bonds is 3. The molecule has 0 aromatic heterocycles. The zero-order chi connectivity index (χ0) is 15.4. The van der Waals surface area contributed by atoms with E-state index in [1.54, 1.807) is 24.3 Å². The van der Waals surface area contributed by atoms with Crippen LogP contribution >= 0.6 is 22.6 Å². The Hall–Kier alpha value is -1.89. The van der Waals surface area contributed by atoms with Crippen LogP contribution < -0.4 is 10.6 Å². The van der Waals surface area contributed by atoms with Gasteiger partial charge in [-0.15, -0.1) is 0 Å². The quantitative estimate of drug-likeness (QED) is 0.778. The molecule has 2 aromatic rings.